The second-order valence-electron chi connectivity index (χ2n) is 6.76. The van der Waals surface area contributed by atoms with E-state index >= 15 is 0 Å². The second-order valence-corrected chi connectivity index (χ2v) is 9.46. The highest BCUT2D eigenvalue weighted by Gasteiger charge is 2.51. The molecule has 8 nitrogen and oxygen atoms in total. The molecule has 2 heterocycles. The van der Waals surface area contributed by atoms with Crippen molar-refractivity contribution < 1.29 is 22.7 Å². The monoisotopic (exact) mass is 415 g/mol. The molecule has 148 valence electrons. The van der Waals surface area contributed by atoms with E-state index < -0.39 is 15.1 Å². The summed E-state index contributed by atoms with van der Waals surface area (Å²) in [5.41, 5.74) is 0.496. The Hall–Kier alpha value is -2.00. The third-order valence-corrected chi connectivity index (χ3v) is 7.41. The van der Waals surface area contributed by atoms with Gasteiger partial charge in [-0.15, -0.1) is 0 Å². The number of ether oxygens (including phenoxy) is 1. The van der Waals surface area contributed by atoms with Crippen LogP contribution in [-0.2, 0) is 14.6 Å². The van der Waals surface area contributed by atoms with Gasteiger partial charge in [-0.3, -0.25) is 4.79 Å². The Labute approximate surface area is 162 Å². The average molecular weight is 416 g/mol. The Morgan fingerprint density at radius 3 is 2.85 bits per heavy atom. The summed E-state index contributed by atoms with van der Waals surface area (Å²) < 4.78 is 29.7. The highest BCUT2D eigenvalue weighted by Crippen LogP contribution is 2.29. The van der Waals surface area contributed by atoms with Crippen molar-refractivity contribution in [1.29, 1.82) is 0 Å². The largest absolute Gasteiger partial charge is 0.495 e. The van der Waals surface area contributed by atoms with Crippen LogP contribution in [0.5, 0.6) is 5.75 Å². The SMILES string of the molecule is COc1ccc(Cl)cc1NC(=O)CCCCC1C2NC(=O)NC2CS1(=O)=O. The van der Waals surface area contributed by atoms with Crippen molar-refractivity contribution in [3.8, 4) is 5.75 Å². The first-order valence-corrected chi connectivity index (χ1v) is 10.8. The molecule has 0 bridgehead atoms. The number of urea groups is 1. The molecule has 27 heavy (non-hydrogen) atoms. The Balaban J connectivity index is 1.48. The van der Waals surface area contributed by atoms with E-state index in [1.54, 1.807) is 18.2 Å². The van der Waals surface area contributed by atoms with Gasteiger partial charge in [-0.25, -0.2) is 13.2 Å². The number of rotatable bonds is 7. The number of nitrogens with one attached hydrogen (secondary N) is 3. The fourth-order valence-electron chi connectivity index (χ4n) is 3.63. The molecule has 0 spiro atoms. The molecule has 0 radical (unpaired) electrons. The first-order valence-electron chi connectivity index (χ1n) is 8.72. The lowest BCUT2D eigenvalue weighted by Crippen LogP contribution is -2.39. The van der Waals surface area contributed by atoms with Gasteiger partial charge in [-0.1, -0.05) is 18.0 Å². The number of unbranched alkanes of at least 4 members (excludes halogenated alkanes) is 1. The van der Waals surface area contributed by atoms with Gasteiger partial charge in [0.15, 0.2) is 9.84 Å². The highest BCUT2D eigenvalue weighted by atomic mass is 35.5. The van der Waals surface area contributed by atoms with Crippen LogP contribution in [0.1, 0.15) is 25.7 Å². The normalized spacial score (nSPS) is 25.4. The van der Waals surface area contributed by atoms with Crippen molar-refractivity contribution in [3.63, 3.8) is 0 Å². The zero-order valence-electron chi connectivity index (χ0n) is 14.8. The molecule has 3 atom stereocenters. The van der Waals surface area contributed by atoms with E-state index in [2.05, 4.69) is 16.0 Å². The third-order valence-electron chi connectivity index (χ3n) is 4.90. The van der Waals surface area contributed by atoms with Crippen molar-refractivity contribution in [3.05, 3.63) is 23.2 Å². The number of carbonyl (C=O) groups is 2. The van der Waals surface area contributed by atoms with E-state index in [0.29, 0.717) is 35.7 Å². The summed E-state index contributed by atoms with van der Waals surface area (Å²) in [4.78, 5) is 23.5. The van der Waals surface area contributed by atoms with Gasteiger partial charge in [0.25, 0.3) is 0 Å². The van der Waals surface area contributed by atoms with E-state index in [-0.39, 0.29) is 36.2 Å². The van der Waals surface area contributed by atoms with Crippen LogP contribution >= 0.6 is 11.6 Å². The minimum atomic E-state index is -3.24. The Kier molecular flexibility index (Phi) is 5.81. The van der Waals surface area contributed by atoms with Crippen molar-refractivity contribution in [1.82, 2.24) is 10.6 Å². The second kappa shape index (κ2) is 7.93. The molecular formula is C17H22ClN3O5S. The molecule has 2 aliphatic rings. The molecule has 3 amide bonds. The smallest absolute Gasteiger partial charge is 0.315 e. The van der Waals surface area contributed by atoms with E-state index in [0.717, 1.165) is 0 Å². The number of benzene rings is 1. The zero-order valence-corrected chi connectivity index (χ0v) is 16.4. The molecular weight excluding hydrogens is 394 g/mol. The zero-order chi connectivity index (χ0) is 19.6. The van der Waals surface area contributed by atoms with Crippen molar-refractivity contribution in [2.75, 3.05) is 18.2 Å². The number of hydrogen-bond acceptors (Lipinski definition) is 5. The van der Waals surface area contributed by atoms with Gasteiger partial charge in [0.2, 0.25) is 5.91 Å². The van der Waals surface area contributed by atoms with E-state index in [1.165, 1.54) is 7.11 Å². The molecule has 3 rings (SSSR count). The standard InChI is InChI=1S/C17H22ClN3O5S/c1-26-13-7-6-10(18)8-11(13)19-15(22)5-3-2-4-14-16-12(9-27(14,24)25)20-17(23)21-16/h6-8,12,14,16H,2-5,9H2,1H3,(H,19,22)(H2,20,21,23). The topological polar surface area (TPSA) is 114 Å². The molecule has 3 N–H and O–H groups in total. The van der Waals surface area contributed by atoms with Crippen LogP contribution < -0.4 is 20.7 Å². The summed E-state index contributed by atoms with van der Waals surface area (Å²) in [5.74, 6) is 0.287. The number of methoxy groups -OCH3 is 1. The van der Waals surface area contributed by atoms with Crippen LogP contribution in [0.2, 0.25) is 5.02 Å². The predicted molar refractivity (Wildman–Crippen MR) is 102 cm³/mol. The number of halogens is 1. The third kappa shape index (κ3) is 4.47. The molecule has 3 unspecified atom stereocenters. The van der Waals surface area contributed by atoms with Gasteiger partial charge in [0, 0.05) is 11.4 Å². The van der Waals surface area contributed by atoms with Gasteiger partial charge in [-0.2, -0.15) is 0 Å². The molecule has 0 saturated carbocycles. The Morgan fingerprint density at radius 1 is 1.33 bits per heavy atom. The molecule has 2 fully saturated rings. The molecule has 0 aliphatic carbocycles. The number of anilines is 1. The maximum Gasteiger partial charge on any atom is 0.315 e. The number of fused-ring (bicyclic) bond motifs is 1. The minimum absolute atomic E-state index is 0.0316. The van der Waals surface area contributed by atoms with Crippen LogP contribution in [-0.4, -0.2) is 50.6 Å². The minimum Gasteiger partial charge on any atom is -0.495 e. The summed E-state index contributed by atoms with van der Waals surface area (Å²) in [5, 5.41) is 7.97. The Morgan fingerprint density at radius 2 is 2.11 bits per heavy atom. The number of carbonyl (C=O) groups excluding carboxylic acids is 2. The Bertz CT molecular complexity index is 845. The lowest BCUT2D eigenvalue weighted by Gasteiger charge is -2.16. The lowest BCUT2D eigenvalue weighted by atomic mass is 10.0. The van der Waals surface area contributed by atoms with Crippen LogP contribution in [0.25, 0.3) is 0 Å². The van der Waals surface area contributed by atoms with Crippen LogP contribution in [0.3, 0.4) is 0 Å². The van der Waals surface area contributed by atoms with Gasteiger partial charge in [0.05, 0.1) is 35.9 Å². The van der Waals surface area contributed by atoms with Crippen LogP contribution in [0, 0.1) is 0 Å². The maximum absolute atomic E-state index is 12.3. The van der Waals surface area contributed by atoms with E-state index in [1.807, 2.05) is 0 Å². The van der Waals surface area contributed by atoms with Gasteiger partial charge in [-0.05, 0) is 31.0 Å². The molecule has 10 heteroatoms. The van der Waals surface area contributed by atoms with Gasteiger partial charge in [0.1, 0.15) is 5.75 Å². The van der Waals surface area contributed by atoms with Crippen molar-refractivity contribution in [2.45, 2.75) is 43.0 Å². The summed E-state index contributed by atoms with van der Waals surface area (Å²) in [6.07, 6.45) is 1.78. The fraction of sp³-hybridized carbons (Fsp3) is 0.529. The number of hydrogen-bond donors (Lipinski definition) is 3. The molecule has 2 aliphatic heterocycles. The molecule has 0 aromatic heterocycles. The molecule has 1 aromatic carbocycles. The van der Waals surface area contributed by atoms with Crippen molar-refractivity contribution >= 4 is 39.1 Å². The lowest BCUT2D eigenvalue weighted by molar-refractivity contribution is -0.116. The van der Waals surface area contributed by atoms with Crippen LogP contribution in [0.4, 0.5) is 10.5 Å². The number of amides is 3. The summed E-state index contributed by atoms with van der Waals surface area (Å²) in [6.45, 7) is 0. The first-order chi connectivity index (χ1) is 12.8. The van der Waals surface area contributed by atoms with Gasteiger partial charge < -0.3 is 20.7 Å². The average Bonchev–Trinajstić information content (AvgIpc) is 3.03. The predicted octanol–water partition coefficient (Wildman–Crippen LogP) is 1.69. The number of sulfone groups is 1. The van der Waals surface area contributed by atoms with Gasteiger partial charge >= 0.3 is 6.03 Å². The summed E-state index contributed by atoms with van der Waals surface area (Å²) >= 11 is 5.94. The first kappa shape index (κ1) is 19.8. The maximum atomic E-state index is 12.3. The summed E-state index contributed by atoms with van der Waals surface area (Å²) in [6, 6.07) is 3.89. The molecule has 2 saturated heterocycles. The summed E-state index contributed by atoms with van der Waals surface area (Å²) in [7, 11) is -1.74. The molecule has 1 aromatic rings. The fourth-order valence-corrected chi connectivity index (χ4v) is 6.07. The highest BCUT2D eigenvalue weighted by molar-refractivity contribution is 7.92. The van der Waals surface area contributed by atoms with Crippen molar-refractivity contribution in [2.24, 2.45) is 0 Å². The van der Waals surface area contributed by atoms with E-state index in [9.17, 15) is 18.0 Å². The quantitative estimate of drug-likeness (QED) is 0.463. The van der Waals surface area contributed by atoms with E-state index in [4.69, 9.17) is 16.3 Å². The van der Waals surface area contributed by atoms with Crippen LogP contribution in [0.15, 0.2) is 18.2 Å².